The molecule has 0 saturated carbocycles. The third-order valence-electron chi connectivity index (χ3n) is 2.30. The van der Waals surface area contributed by atoms with Crippen LogP contribution in [0.2, 0.25) is 5.02 Å². The van der Waals surface area contributed by atoms with Crippen molar-refractivity contribution < 1.29 is 0 Å². The molecule has 0 aromatic carbocycles. The summed E-state index contributed by atoms with van der Waals surface area (Å²) in [5, 5.41) is 5.22. The molecule has 1 saturated heterocycles. The first-order valence-corrected chi connectivity index (χ1v) is 6.19. The van der Waals surface area contributed by atoms with Crippen LogP contribution in [-0.2, 0) is 0 Å². The first kappa shape index (κ1) is 10.3. The van der Waals surface area contributed by atoms with Crippen LogP contribution >= 0.6 is 23.4 Å². The number of halogens is 1. The maximum absolute atomic E-state index is 5.75. The van der Waals surface area contributed by atoms with Crippen LogP contribution < -0.4 is 5.32 Å². The van der Waals surface area contributed by atoms with Gasteiger partial charge in [-0.2, -0.15) is 0 Å². The van der Waals surface area contributed by atoms with E-state index in [0.717, 1.165) is 10.8 Å². The number of rotatable bonds is 3. The zero-order valence-electron chi connectivity index (χ0n) is 7.87. The van der Waals surface area contributed by atoms with Crippen molar-refractivity contribution in [2.75, 3.05) is 12.3 Å². The van der Waals surface area contributed by atoms with Gasteiger partial charge >= 0.3 is 0 Å². The Hall–Kier alpha value is -0.250. The molecule has 1 N–H and O–H groups in total. The molecule has 1 unspecified atom stereocenters. The fourth-order valence-electron chi connectivity index (χ4n) is 1.53. The summed E-state index contributed by atoms with van der Waals surface area (Å²) < 4.78 is 0. The van der Waals surface area contributed by atoms with Crippen molar-refractivity contribution in [1.82, 2.24) is 10.3 Å². The lowest BCUT2D eigenvalue weighted by Crippen LogP contribution is -2.23. The highest BCUT2D eigenvalue weighted by Gasteiger charge is 2.13. The minimum absolute atomic E-state index is 0.664. The zero-order valence-corrected chi connectivity index (χ0v) is 9.44. The Morgan fingerprint density at radius 1 is 1.57 bits per heavy atom. The fourth-order valence-corrected chi connectivity index (χ4v) is 2.59. The lowest BCUT2D eigenvalue weighted by molar-refractivity contribution is 0.673. The van der Waals surface area contributed by atoms with Gasteiger partial charge in [0.1, 0.15) is 0 Å². The van der Waals surface area contributed by atoms with Gasteiger partial charge in [0.2, 0.25) is 0 Å². The van der Waals surface area contributed by atoms with Crippen LogP contribution in [-0.4, -0.2) is 23.3 Å². The van der Waals surface area contributed by atoms with Gasteiger partial charge in [-0.25, -0.2) is 4.98 Å². The van der Waals surface area contributed by atoms with Crippen LogP contribution in [0.1, 0.15) is 12.8 Å². The summed E-state index contributed by atoms with van der Waals surface area (Å²) in [4.78, 5) is 4.24. The second kappa shape index (κ2) is 5.01. The zero-order chi connectivity index (χ0) is 9.80. The molecule has 1 aliphatic rings. The molecule has 0 bridgehead atoms. The Bertz CT molecular complexity index is 283. The van der Waals surface area contributed by atoms with Crippen LogP contribution in [0.25, 0.3) is 0 Å². The predicted molar refractivity (Wildman–Crippen MR) is 61.0 cm³/mol. The van der Waals surface area contributed by atoms with Crippen LogP contribution in [0.3, 0.4) is 0 Å². The number of hydrogen-bond acceptors (Lipinski definition) is 3. The normalized spacial score (nSPS) is 21.4. The molecular formula is C10H13ClN2S. The quantitative estimate of drug-likeness (QED) is 0.806. The minimum atomic E-state index is 0.664. The smallest absolute Gasteiger partial charge is 0.0961 e. The van der Waals surface area contributed by atoms with E-state index in [-0.39, 0.29) is 0 Å². The topological polar surface area (TPSA) is 24.9 Å². The number of nitrogens with zero attached hydrogens (tertiary/aromatic N) is 1. The third kappa shape index (κ3) is 2.87. The molecule has 2 rings (SSSR count). The van der Waals surface area contributed by atoms with E-state index in [1.807, 2.05) is 12.1 Å². The molecule has 1 aliphatic heterocycles. The van der Waals surface area contributed by atoms with E-state index in [1.165, 1.54) is 19.4 Å². The number of pyridine rings is 1. The van der Waals surface area contributed by atoms with Gasteiger partial charge in [0.25, 0.3) is 0 Å². The van der Waals surface area contributed by atoms with Crippen molar-refractivity contribution in [3.05, 3.63) is 23.4 Å². The lowest BCUT2D eigenvalue weighted by Gasteiger charge is -2.08. The lowest BCUT2D eigenvalue weighted by atomic mass is 10.3. The van der Waals surface area contributed by atoms with Gasteiger partial charge in [0.05, 0.1) is 10.0 Å². The van der Waals surface area contributed by atoms with Gasteiger partial charge < -0.3 is 5.32 Å². The highest BCUT2D eigenvalue weighted by atomic mass is 35.5. The van der Waals surface area contributed by atoms with Crippen molar-refractivity contribution in [1.29, 1.82) is 0 Å². The van der Waals surface area contributed by atoms with E-state index in [4.69, 9.17) is 11.6 Å². The summed E-state index contributed by atoms with van der Waals surface area (Å²) in [5.41, 5.74) is 0. The summed E-state index contributed by atoms with van der Waals surface area (Å²) in [5.74, 6) is 1.11. The van der Waals surface area contributed by atoms with Crippen LogP contribution in [0.15, 0.2) is 23.4 Å². The largest absolute Gasteiger partial charge is 0.313 e. The van der Waals surface area contributed by atoms with Gasteiger partial charge in [0, 0.05) is 18.0 Å². The van der Waals surface area contributed by atoms with E-state index < -0.39 is 0 Å². The highest BCUT2D eigenvalue weighted by Crippen LogP contribution is 2.20. The molecule has 2 heterocycles. The summed E-state index contributed by atoms with van der Waals surface area (Å²) in [6, 6.07) is 4.53. The molecule has 0 radical (unpaired) electrons. The number of nitrogens with one attached hydrogen (secondary N) is 1. The molecule has 14 heavy (non-hydrogen) atoms. The van der Waals surface area contributed by atoms with Gasteiger partial charge in [-0.15, -0.1) is 11.8 Å². The van der Waals surface area contributed by atoms with Crippen molar-refractivity contribution in [2.45, 2.75) is 23.9 Å². The van der Waals surface area contributed by atoms with Crippen molar-refractivity contribution in [3.63, 3.8) is 0 Å². The number of aromatic nitrogens is 1. The van der Waals surface area contributed by atoms with Crippen LogP contribution in [0.5, 0.6) is 0 Å². The summed E-state index contributed by atoms with van der Waals surface area (Å²) in [6.07, 6.45) is 4.30. The second-order valence-electron chi connectivity index (χ2n) is 3.42. The Kier molecular flexibility index (Phi) is 3.67. The Morgan fingerprint density at radius 2 is 2.50 bits per heavy atom. The molecule has 0 amide bonds. The van der Waals surface area contributed by atoms with Gasteiger partial charge in [0.15, 0.2) is 0 Å². The molecule has 76 valence electrons. The van der Waals surface area contributed by atoms with Crippen LogP contribution in [0, 0.1) is 0 Å². The van der Waals surface area contributed by atoms with Crippen molar-refractivity contribution >= 4 is 23.4 Å². The molecule has 0 spiro atoms. The minimum Gasteiger partial charge on any atom is -0.313 e. The molecule has 4 heteroatoms. The van der Waals surface area contributed by atoms with E-state index in [9.17, 15) is 0 Å². The Morgan fingerprint density at radius 3 is 3.14 bits per heavy atom. The molecule has 0 aliphatic carbocycles. The molecule has 1 aromatic heterocycles. The fraction of sp³-hybridized carbons (Fsp3) is 0.500. The first-order chi connectivity index (χ1) is 6.84. The predicted octanol–water partition coefficient (Wildman–Crippen LogP) is 2.58. The third-order valence-corrected chi connectivity index (χ3v) is 3.62. The monoisotopic (exact) mass is 228 g/mol. The number of thioether (sulfide) groups is 1. The van der Waals surface area contributed by atoms with Gasteiger partial charge in [-0.05, 0) is 31.5 Å². The molecular weight excluding hydrogens is 216 g/mol. The van der Waals surface area contributed by atoms with E-state index >= 15 is 0 Å². The molecule has 1 fully saturated rings. The standard InChI is InChI=1S/C10H13ClN2S/c11-8-3-4-10(13-6-8)14-7-9-2-1-5-12-9/h3-4,6,9,12H,1-2,5,7H2. The van der Waals surface area contributed by atoms with Crippen LogP contribution in [0.4, 0.5) is 0 Å². The van der Waals surface area contributed by atoms with E-state index in [2.05, 4.69) is 10.3 Å². The summed E-state index contributed by atoms with van der Waals surface area (Å²) >= 11 is 7.55. The maximum atomic E-state index is 5.75. The average molecular weight is 229 g/mol. The maximum Gasteiger partial charge on any atom is 0.0961 e. The van der Waals surface area contributed by atoms with E-state index in [1.54, 1.807) is 18.0 Å². The summed E-state index contributed by atoms with van der Waals surface area (Å²) in [6.45, 7) is 1.17. The highest BCUT2D eigenvalue weighted by molar-refractivity contribution is 7.99. The average Bonchev–Trinajstić information content (AvgIpc) is 2.70. The van der Waals surface area contributed by atoms with Crippen molar-refractivity contribution in [2.24, 2.45) is 0 Å². The SMILES string of the molecule is Clc1ccc(SCC2CCCN2)nc1. The number of hydrogen-bond donors (Lipinski definition) is 1. The Labute approximate surface area is 93.4 Å². The molecule has 2 nitrogen and oxygen atoms in total. The molecule has 1 aromatic rings. The summed E-state index contributed by atoms with van der Waals surface area (Å²) in [7, 11) is 0. The van der Waals surface area contributed by atoms with E-state index in [0.29, 0.717) is 11.1 Å². The Balaban J connectivity index is 1.82. The van der Waals surface area contributed by atoms with Gasteiger partial charge in [-0.1, -0.05) is 11.6 Å². The van der Waals surface area contributed by atoms with Crippen molar-refractivity contribution in [3.8, 4) is 0 Å². The first-order valence-electron chi connectivity index (χ1n) is 4.82. The van der Waals surface area contributed by atoms with Gasteiger partial charge in [-0.3, -0.25) is 0 Å². The second-order valence-corrected chi connectivity index (χ2v) is 4.90. The molecule has 1 atom stereocenters.